The minimum Gasteiger partial charge on any atom is -0.397 e. The smallest absolute Gasteiger partial charge is 0.143 e. The summed E-state index contributed by atoms with van der Waals surface area (Å²) in [6, 6.07) is 2.69. The number of anilines is 2. The molecule has 66 valence electrons. The summed E-state index contributed by atoms with van der Waals surface area (Å²) >= 11 is 5.50. The molecule has 4 heteroatoms. The van der Waals surface area contributed by atoms with Crippen molar-refractivity contribution in [1.29, 1.82) is 0 Å². The van der Waals surface area contributed by atoms with E-state index in [9.17, 15) is 4.39 Å². The van der Waals surface area contributed by atoms with Crippen molar-refractivity contribution >= 4 is 23.0 Å². The fraction of sp³-hybridized carbons (Fsp3) is 0.250. The maximum atomic E-state index is 12.9. The van der Waals surface area contributed by atoms with Crippen LogP contribution >= 0.6 is 11.6 Å². The van der Waals surface area contributed by atoms with Crippen LogP contribution in [0.2, 0.25) is 5.02 Å². The van der Waals surface area contributed by atoms with Gasteiger partial charge < -0.3 is 11.1 Å². The zero-order valence-corrected chi connectivity index (χ0v) is 7.45. The van der Waals surface area contributed by atoms with E-state index in [0.29, 0.717) is 17.9 Å². The molecule has 0 fully saturated rings. The molecule has 1 aromatic carbocycles. The zero-order valence-electron chi connectivity index (χ0n) is 6.70. The molecule has 0 atom stereocenters. The SMILES string of the molecule is CCNc1cc(F)c(Cl)cc1N. The lowest BCUT2D eigenvalue weighted by Crippen LogP contribution is -2.01. The molecule has 2 nitrogen and oxygen atoms in total. The number of nitrogen functional groups attached to an aromatic ring is 1. The van der Waals surface area contributed by atoms with Gasteiger partial charge in [-0.3, -0.25) is 0 Å². The van der Waals surface area contributed by atoms with Crippen LogP contribution in [-0.4, -0.2) is 6.54 Å². The van der Waals surface area contributed by atoms with Gasteiger partial charge in [0.25, 0.3) is 0 Å². The average molecular weight is 189 g/mol. The quantitative estimate of drug-likeness (QED) is 0.700. The summed E-state index contributed by atoms with van der Waals surface area (Å²) in [4.78, 5) is 0. The minimum absolute atomic E-state index is 0.0501. The Balaban J connectivity index is 3.05. The molecule has 0 aliphatic rings. The predicted octanol–water partition coefficient (Wildman–Crippen LogP) is 2.49. The molecule has 0 heterocycles. The number of nitrogens with one attached hydrogen (secondary N) is 1. The molecule has 0 amide bonds. The first-order valence-corrected chi connectivity index (χ1v) is 4.01. The maximum Gasteiger partial charge on any atom is 0.143 e. The lowest BCUT2D eigenvalue weighted by atomic mass is 10.2. The van der Waals surface area contributed by atoms with E-state index in [1.807, 2.05) is 6.92 Å². The number of benzene rings is 1. The number of hydrogen-bond donors (Lipinski definition) is 2. The molecular formula is C8H10ClFN2. The third-order valence-electron chi connectivity index (χ3n) is 1.46. The van der Waals surface area contributed by atoms with Crippen molar-refractivity contribution < 1.29 is 4.39 Å². The van der Waals surface area contributed by atoms with E-state index in [1.54, 1.807) is 0 Å². The Kier molecular flexibility index (Phi) is 2.76. The predicted molar refractivity (Wildman–Crippen MR) is 50.0 cm³/mol. The number of nitrogens with two attached hydrogens (primary N) is 1. The van der Waals surface area contributed by atoms with Gasteiger partial charge in [-0.05, 0) is 13.0 Å². The first-order chi connectivity index (χ1) is 5.65. The van der Waals surface area contributed by atoms with Crippen LogP contribution in [0.25, 0.3) is 0 Å². The highest BCUT2D eigenvalue weighted by atomic mass is 35.5. The molecule has 1 aromatic rings. The molecule has 0 aliphatic carbocycles. The molecule has 0 aliphatic heterocycles. The van der Waals surface area contributed by atoms with Crippen LogP contribution in [0.3, 0.4) is 0 Å². The van der Waals surface area contributed by atoms with Crippen molar-refractivity contribution in [2.75, 3.05) is 17.6 Å². The van der Waals surface area contributed by atoms with Crippen molar-refractivity contribution in [2.45, 2.75) is 6.92 Å². The first kappa shape index (κ1) is 9.13. The van der Waals surface area contributed by atoms with Crippen molar-refractivity contribution in [3.63, 3.8) is 0 Å². The summed E-state index contributed by atoms with van der Waals surface area (Å²) in [6.07, 6.45) is 0. The molecule has 0 saturated heterocycles. The van der Waals surface area contributed by atoms with E-state index in [1.165, 1.54) is 12.1 Å². The van der Waals surface area contributed by atoms with E-state index in [2.05, 4.69) is 5.32 Å². The maximum absolute atomic E-state index is 12.9. The monoisotopic (exact) mass is 188 g/mol. The summed E-state index contributed by atoms with van der Waals surface area (Å²) in [5.41, 5.74) is 6.61. The van der Waals surface area contributed by atoms with Crippen molar-refractivity contribution in [2.24, 2.45) is 0 Å². The van der Waals surface area contributed by atoms with Crippen molar-refractivity contribution in [1.82, 2.24) is 0 Å². The van der Waals surface area contributed by atoms with Gasteiger partial charge in [-0.1, -0.05) is 11.6 Å². The number of halogens is 2. The van der Waals surface area contributed by atoms with Gasteiger partial charge in [-0.2, -0.15) is 0 Å². The van der Waals surface area contributed by atoms with E-state index in [0.717, 1.165) is 0 Å². The van der Waals surface area contributed by atoms with Crippen molar-refractivity contribution in [3.05, 3.63) is 23.0 Å². The first-order valence-electron chi connectivity index (χ1n) is 3.63. The summed E-state index contributed by atoms with van der Waals surface area (Å²) in [5, 5.41) is 2.97. The summed E-state index contributed by atoms with van der Waals surface area (Å²) in [5.74, 6) is -0.457. The largest absolute Gasteiger partial charge is 0.397 e. The van der Waals surface area contributed by atoms with E-state index >= 15 is 0 Å². The Morgan fingerprint density at radius 1 is 1.58 bits per heavy atom. The second-order valence-electron chi connectivity index (χ2n) is 2.38. The average Bonchev–Trinajstić information content (AvgIpc) is 2.01. The minimum atomic E-state index is -0.457. The number of rotatable bonds is 2. The molecule has 0 spiro atoms. The van der Waals surface area contributed by atoms with Gasteiger partial charge in [0, 0.05) is 12.6 Å². The summed E-state index contributed by atoms with van der Waals surface area (Å²) in [7, 11) is 0. The van der Waals surface area contributed by atoms with Crippen LogP contribution < -0.4 is 11.1 Å². The van der Waals surface area contributed by atoms with Crippen LogP contribution in [0.1, 0.15) is 6.92 Å². The van der Waals surface area contributed by atoms with Crippen molar-refractivity contribution in [3.8, 4) is 0 Å². The molecule has 1 rings (SSSR count). The third kappa shape index (κ3) is 1.80. The highest BCUT2D eigenvalue weighted by molar-refractivity contribution is 6.31. The van der Waals surface area contributed by atoms with Gasteiger partial charge in [0.1, 0.15) is 5.82 Å². The van der Waals surface area contributed by atoms with E-state index in [-0.39, 0.29) is 5.02 Å². The molecule has 0 aromatic heterocycles. The van der Waals surface area contributed by atoms with Gasteiger partial charge >= 0.3 is 0 Å². The topological polar surface area (TPSA) is 38.0 Å². The standard InChI is InChI=1S/C8H10ClFN2/c1-2-12-8-4-6(10)5(9)3-7(8)11/h3-4,12H,2,11H2,1H3. The highest BCUT2D eigenvalue weighted by Crippen LogP contribution is 2.25. The molecular weight excluding hydrogens is 179 g/mol. The van der Waals surface area contributed by atoms with Crippen LogP contribution in [0.5, 0.6) is 0 Å². The summed E-state index contributed by atoms with van der Waals surface area (Å²) in [6.45, 7) is 2.61. The second kappa shape index (κ2) is 3.63. The normalized spacial score (nSPS) is 9.92. The Bertz CT molecular complexity index is 289. The zero-order chi connectivity index (χ0) is 9.14. The third-order valence-corrected chi connectivity index (χ3v) is 1.75. The summed E-state index contributed by atoms with van der Waals surface area (Å²) < 4.78 is 12.9. The van der Waals surface area contributed by atoms with Crippen LogP contribution in [0.4, 0.5) is 15.8 Å². The van der Waals surface area contributed by atoms with Gasteiger partial charge in [-0.25, -0.2) is 4.39 Å². The molecule has 0 radical (unpaired) electrons. The van der Waals surface area contributed by atoms with Gasteiger partial charge in [0.15, 0.2) is 0 Å². The molecule has 0 saturated carbocycles. The highest BCUT2D eigenvalue weighted by Gasteiger charge is 2.04. The van der Waals surface area contributed by atoms with Crippen LogP contribution in [-0.2, 0) is 0 Å². The van der Waals surface area contributed by atoms with E-state index in [4.69, 9.17) is 17.3 Å². The van der Waals surface area contributed by atoms with Crippen LogP contribution in [0, 0.1) is 5.82 Å². The van der Waals surface area contributed by atoms with E-state index < -0.39 is 5.82 Å². The Morgan fingerprint density at radius 3 is 2.83 bits per heavy atom. The number of hydrogen-bond acceptors (Lipinski definition) is 2. The van der Waals surface area contributed by atoms with Crippen LogP contribution in [0.15, 0.2) is 12.1 Å². The fourth-order valence-electron chi connectivity index (χ4n) is 0.906. The van der Waals surface area contributed by atoms with Gasteiger partial charge in [0.05, 0.1) is 16.4 Å². The Hall–Kier alpha value is -0.960. The Morgan fingerprint density at radius 2 is 2.25 bits per heavy atom. The Labute approximate surface area is 75.5 Å². The lowest BCUT2D eigenvalue weighted by Gasteiger charge is -2.07. The molecule has 12 heavy (non-hydrogen) atoms. The fourth-order valence-corrected chi connectivity index (χ4v) is 1.08. The molecule has 0 bridgehead atoms. The van der Waals surface area contributed by atoms with Gasteiger partial charge in [-0.15, -0.1) is 0 Å². The van der Waals surface area contributed by atoms with Gasteiger partial charge in [0.2, 0.25) is 0 Å². The molecule has 0 unspecified atom stereocenters. The molecule has 3 N–H and O–H groups in total. The second-order valence-corrected chi connectivity index (χ2v) is 2.79. The lowest BCUT2D eigenvalue weighted by molar-refractivity contribution is 0.629.